The van der Waals surface area contributed by atoms with Crippen molar-refractivity contribution in [2.75, 3.05) is 4.72 Å². The van der Waals surface area contributed by atoms with Crippen molar-refractivity contribution in [3.8, 4) is 0 Å². The summed E-state index contributed by atoms with van der Waals surface area (Å²) in [5.74, 6) is 0. The molecule has 0 bridgehead atoms. The van der Waals surface area contributed by atoms with Crippen LogP contribution in [0.25, 0.3) is 0 Å². The van der Waals surface area contributed by atoms with Crippen LogP contribution in [0.5, 0.6) is 0 Å². The highest BCUT2D eigenvalue weighted by molar-refractivity contribution is 9.10. The number of aromatic nitrogens is 2. The second kappa shape index (κ2) is 7.01. The second-order valence-corrected chi connectivity index (χ2v) is 8.35. The predicted octanol–water partition coefficient (Wildman–Crippen LogP) is 4.11. The molecule has 0 unspecified atom stereocenters. The smallest absolute Gasteiger partial charge is 0.262 e. The summed E-state index contributed by atoms with van der Waals surface area (Å²) in [5, 5.41) is 4.48. The molecule has 1 aromatic heterocycles. The molecule has 0 fully saturated rings. The zero-order valence-electron chi connectivity index (χ0n) is 13.9. The van der Waals surface area contributed by atoms with Gasteiger partial charge in [0.1, 0.15) is 0 Å². The number of rotatable bonds is 5. The minimum atomic E-state index is -3.66. The summed E-state index contributed by atoms with van der Waals surface area (Å²) in [6, 6.07) is 16.5. The quantitative estimate of drug-likeness (QED) is 0.676. The first-order chi connectivity index (χ1) is 11.9. The summed E-state index contributed by atoms with van der Waals surface area (Å²) >= 11 is 3.31. The van der Waals surface area contributed by atoms with Gasteiger partial charge in [-0.3, -0.25) is 9.40 Å². The van der Waals surface area contributed by atoms with Gasteiger partial charge in [0.05, 0.1) is 28.5 Å². The zero-order chi connectivity index (χ0) is 18.0. The number of anilines is 1. The summed E-state index contributed by atoms with van der Waals surface area (Å²) in [6.45, 7) is 4.25. The zero-order valence-corrected chi connectivity index (χ0v) is 16.3. The van der Waals surface area contributed by atoms with Gasteiger partial charge in [-0.1, -0.05) is 46.3 Å². The van der Waals surface area contributed by atoms with Crippen LogP contribution in [-0.2, 0) is 16.6 Å². The van der Waals surface area contributed by atoms with Crippen LogP contribution in [0.3, 0.4) is 0 Å². The molecule has 7 heteroatoms. The molecular weight excluding hydrogens is 402 g/mol. The lowest BCUT2D eigenvalue weighted by Crippen LogP contribution is -2.14. The van der Waals surface area contributed by atoms with Crippen molar-refractivity contribution in [3.05, 3.63) is 76.0 Å². The van der Waals surface area contributed by atoms with Crippen LogP contribution in [0, 0.1) is 13.8 Å². The average molecular weight is 420 g/mol. The molecule has 0 radical (unpaired) electrons. The highest BCUT2D eigenvalue weighted by Gasteiger charge is 2.20. The van der Waals surface area contributed by atoms with Gasteiger partial charge in [-0.2, -0.15) is 5.10 Å². The fraction of sp³-hybridized carbons (Fsp3) is 0.167. The number of nitrogens with one attached hydrogen (secondary N) is 1. The van der Waals surface area contributed by atoms with E-state index in [9.17, 15) is 8.42 Å². The molecule has 130 valence electrons. The van der Waals surface area contributed by atoms with Crippen LogP contribution in [0.4, 0.5) is 5.69 Å². The molecule has 0 amide bonds. The van der Waals surface area contributed by atoms with Gasteiger partial charge in [-0.25, -0.2) is 8.42 Å². The Kier molecular flexibility index (Phi) is 4.96. The topological polar surface area (TPSA) is 64.0 Å². The molecule has 0 aliphatic heterocycles. The van der Waals surface area contributed by atoms with E-state index in [1.54, 1.807) is 31.2 Å². The summed E-state index contributed by atoms with van der Waals surface area (Å²) in [7, 11) is -3.66. The van der Waals surface area contributed by atoms with Crippen molar-refractivity contribution in [2.45, 2.75) is 25.3 Å². The van der Waals surface area contributed by atoms with E-state index < -0.39 is 10.0 Å². The Morgan fingerprint density at radius 2 is 1.68 bits per heavy atom. The van der Waals surface area contributed by atoms with Crippen molar-refractivity contribution in [1.29, 1.82) is 0 Å². The summed E-state index contributed by atoms with van der Waals surface area (Å²) in [4.78, 5) is 0.213. The van der Waals surface area contributed by atoms with Gasteiger partial charge >= 0.3 is 0 Å². The third kappa shape index (κ3) is 3.93. The van der Waals surface area contributed by atoms with E-state index in [0.29, 0.717) is 17.9 Å². The van der Waals surface area contributed by atoms with Crippen molar-refractivity contribution >= 4 is 31.6 Å². The molecular formula is C18H18BrN3O2S. The summed E-state index contributed by atoms with van der Waals surface area (Å²) < 4.78 is 30.6. The highest BCUT2D eigenvalue weighted by Crippen LogP contribution is 2.24. The molecule has 0 saturated heterocycles. The van der Waals surface area contributed by atoms with Crippen LogP contribution in [0.15, 0.2) is 64.0 Å². The minimum Gasteiger partial charge on any atom is -0.276 e. The van der Waals surface area contributed by atoms with E-state index in [4.69, 9.17) is 0 Å². The number of hydrogen-bond acceptors (Lipinski definition) is 3. The maximum absolute atomic E-state index is 12.6. The lowest BCUT2D eigenvalue weighted by Gasteiger charge is -2.09. The Bertz CT molecular complexity index is 981. The number of hydrogen-bond donors (Lipinski definition) is 1. The van der Waals surface area contributed by atoms with E-state index in [2.05, 4.69) is 25.8 Å². The summed E-state index contributed by atoms with van der Waals surface area (Å²) in [6.07, 6.45) is 0. The van der Waals surface area contributed by atoms with Gasteiger partial charge in [-0.15, -0.1) is 0 Å². The average Bonchev–Trinajstić information content (AvgIpc) is 2.83. The van der Waals surface area contributed by atoms with Crippen LogP contribution in [0.2, 0.25) is 0 Å². The lowest BCUT2D eigenvalue weighted by molar-refractivity contribution is 0.601. The van der Waals surface area contributed by atoms with Crippen LogP contribution in [-0.4, -0.2) is 18.2 Å². The molecule has 2 aromatic carbocycles. The highest BCUT2D eigenvalue weighted by atomic mass is 79.9. The Balaban J connectivity index is 1.89. The molecule has 5 nitrogen and oxygen atoms in total. The molecule has 0 aliphatic rings. The molecule has 0 saturated carbocycles. The van der Waals surface area contributed by atoms with Crippen LogP contribution in [0.1, 0.15) is 17.0 Å². The largest absolute Gasteiger partial charge is 0.276 e. The molecule has 1 N–H and O–H groups in total. The maximum atomic E-state index is 12.6. The van der Waals surface area contributed by atoms with E-state index in [0.717, 1.165) is 15.7 Å². The molecule has 0 spiro atoms. The normalized spacial score (nSPS) is 11.5. The molecule has 25 heavy (non-hydrogen) atoms. The molecule has 0 aliphatic carbocycles. The Hall–Kier alpha value is -2.12. The first-order valence-electron chi connectivity index (χ1n) is 7.73. The van der Waals surface area contributed by atoms with Crippen LogP contribution >= 0.6 is 15.9 Å². The van der Waals surface area contributed by atoms with Gasteiger partial charge in [0.2, 0.25) is 0 Å². The lowest BCUT2D eigenvalue weighted by atomic mass is 10.2. The monoisotopic (exact) mass is 419 g/mol. The Morgan fingerprint density at radius 1 is 1.04 bits per heavy atom. The van der Waals surface area contributed by atoms with E-state index in [-0.39, 0.29) is 4.90 Å². The fourth-order valence-electron chi connectivity index (χ4n) is 2.56. The fourth-order valence-corrected chi connectivity index (χ4v) is 4.00. The van der Waals surface area contributed by atoms with Gasteiger partial charge in [-0.05, 0) is 43.7 Å². The van der Waals surface area contributed by atoms with Crippen molar-refractivity contribution in [3.63, 3.8) is 0 Å². The van der Waals surface area contributed by atoms with Gasteiger partial charge < -0.3 is 0 Å². The number of halogens is 1. The third-order valence-electron chi connectivity index (χ3n) is 3.92. The van der Waals surface area contributed by atoms with Crippen molar-refractivity contribution in [1.82, 2.24) is 9.78 Å². The maximum Gasteiger partial charge on any atom is 0.262 e. The predicted molar refractivity (Wildman–Crippen MR) is 102 cm³/mol. The van der Waals surface area contributed by atoms with E-state index >= 15 is 0 Å². The molecule has 0 atom stereocenters. The van der Waals surface area contributed by atoms with Crippen LogP contribution < -0.4 is 4.72 Å². The number of benzene rings is 2. The van der Waals surface area contributed by atoms with Crippen molar-refractivity contribution < 1.29 is 8.42 Å². The van der Waals surface area contributed by atoms with Gasteiger partial charge in [0.15, 0.2) is 0 Å². The number of aryl methyl sites for hydroxylation is 1. The minimum absolute atomic E-state index is 0.213. The summed E-state index contributed by atoms with van der Waals surface area (Å²) in [5.41, 5.74) is 3.06. The molecule has 1 heterocycles. The standard InChI is InChI=1S/C18H18BrN3O2S/c1-13-18(21-25(23,24)17-10-8-16(19)9-11-17)14(2)22(20-13)12-15-6-4-3-5-7-15/h3-11,21H,12H2,1-2H3. The van der Waals surface area contributed by atoms with E-state index in [1.165, 1.54) is 0 Å². The van der Waals surface area contributed by atoms with Crippen molar-refractivity contribution in [2.24, 2.45) is 0 Å². The van der Waals surface area contributed by atoms with E-state index in [1.807, 2.05) is 41.9 Å². The molecule has 3 rings (SSSR count). The first-order valence-corrected chi connectivity index (χ1v) is 10.0. The SMILES string of the molecule is Cc1nn(Cc2ccccc2)c(C)c1NS(=O)(=O)c1ccc(Br)cc1. The molecule has 3 aromatic rings. The Labute approximate surface area is 155 Å². The Morgan fingerprint density at radius 3 is 2.32 bits per heavy atom. The third-order valence-corrected chi connectivity index (χ3v) is 5.81. The first kappa shape index (κ1) is 17.7. The number of nitrogens with zero attached hydrogens (tertiary/aromatic N) is 2. The van der Waals surface area contributed by atoms with Gasteiger partial charge in [0, 0.05) is 4.47 Å². The second-order valence-electron chi connectivity index (χ2n) is 5.75. The number of sulfonamides is 1. The van der Waals surface area contributed by atoms with Gasteiger partial charge in [0.25, 0.3) is 10.0 Å².